The first kappa shape index (κ1) is 13.0. The van der Waals surface area contributed by atoms with Crippen LogP contribution in [0.2, 0.25) is 0 Å². The van der Waals surface area contributed by atoms with Crippen molar-refractivity contribution in [2.45, 2.75) is 71.8 Å². The molecule has 0 radical (unpaired) electrons. The average Bonchev–Trinajstić information content (AvgIpc) is 2.58. The number of hydrogen-bond donors (Lipinski definition) is 0. The Morgan fingerprint density at radius 1 is 1.20 bits per heavy atom. The van der Waals surface area contributed by atoms with Gasteiger partial charge in [0.15, 0.2) is 0 Å². The Kier molecular flexibility index (Phi) is 2.97. The van der Waals surface area contributed by atoms with Gasteiger partial charge in [-0.05, 0) is 47.0 Å². The number of halogens is 1. The molecule has 1 aliphatic rings. The monoisotopic (exact) mass is 216 g/mol. The molecule has 0 aliphatic heterocycles. The largest absolute Gasteiger partial charge is 0.367 e. The summed E-state index contributed by atoms with van der Waals surface area (Å²) in [6.45, 7) is 13.8. The molecule has 0 aromatic rings. The molecule has 2 atom stereocenters. The van der Waals surface area contributed by atoms with E-state index in [-0.39, 0.29) is 11.5 Å². The highest BCUT2D eigenvalue weighted by Gasteiger charge is 2.66. The van der Waals surface area contributed by atoms with E-state index in [1.807, 2.05) is 34.6 Å². The smallest absolute Gasteiger partial charge is 0.142 e. The van der Waals surface area contributed by atoms with Crippen molar-refractivity contribution >= 4 is 0 Å². The maximum Gasteiger partial charge on any atom is 0.142 e. The van der Waals surface area contributed by atoms with Crippen molar-refractivity contribution in [3.05, 3.63) is 0 Å². The van der Waals surface area contributed by atoms with Crippen LogP contribution in [-0.4, -0.2) is 16.9 Å². The molecular formula is C13H25FO. The molecule has 2 heteroatoms. The lowest BCUT2D eigenvalue weighted by Gasteiger charge is -2.37. The molecule has 0 N–H and O–H groups in total. The van der Waals surface area contributed by atoms with Gasteiger partial charge in [-0.25, -0.2) is 4.39 Å². The van der Waals surface area contributed by atoms with E-state index >= 15 is 0 Å². The van der Waals surface area contributed by atoms with E-state index in [4.69, 9.17) is 4.74 Å². The van der Waals surface area contributed by atoms with Gasteiger partial charge in [-0.1, -0.05) is 13.8 Å². The van der Waals surface area contributed by atoms with Gasteiger partial charge in [-0.15, -0.1) is 0 Å². The predicted octanol–water partition coefficient (Wildman–Crippen LogP) is 3.96. The Balaban J connectivity index is 2.72. The molecule has 15 heavy (non-hydrogen) atoms. The molecule has 1 rings (SSSR count). The Morgan fingerprint density at radius 3 is 1.93 bits per heavy atom. The molecule has 1 saturated carbocycles. The third-order valence-corrected chi connectivity index (χ3v) is 3.31. The van der Waals surface area contributed by atoms with E-state index in [1.54, 1.807) is 0 Å². The lowest BCUT2D eigenvalue weighted by atomic mass is 9.93. The van der Waals surface area contributed by atoms with Crippen molar-refractivity contribution in [1.29, 1.82) is 0 Å². The van der Waals surface area contributed by atoms with Gasteiger partial charge in [-0.2, -0.15) is 0 Å². The number of alkyl halides is 1. The molecule has 0 spiro atoms. The molecule has 0 heterocycles. The van der Waals surface area contributed by atoms with Crippen LogP contribution in [0.4, 0.5) is 4.39 Å². The van der Waals surface area contributed by atoms with Gasteiger partial charge in [0.25, 0.3) is 0 Å². The van der Waals surface area contributed by atoms with Crippen LogP contribution in [0.5, 0.6) is 0 Å². The summed E-state index contributed by atoms with van der Waals surface area (Å²) in [4.78, 5) is 0. The van der Waals surface area contributed by atoms with Gasteiger partial charge in [0.2, 0.25) is 0 Å². The summed E-state index contributed by atoms with van der Waals surface area (Å²) in [5.41, 5.74) is -2.10. The summed E-state index contributed by atoms with van der Waals surface area (Å²) < 4.78 is 20.5. The summed E-state index contributed by atoms with van der Waals surface area (Å²) in [7, 11) is 0. The van der Waals surface area contributed by atoms with E-state index in [0.29, 0.717) is 12.3 Å². The Morgan fingerprint density at radius 2 is 1.67 bits per heavy atom. The predicted molar refractivity (Wildman–Crippen MR) is 61.7 cm³/mol. The van der Waals surface area contributed by atoms with Crippen LogP contribution in [0.15, 0.2) is 0 Å². The Bertz CT molecular complexity index is 239. The van der Waals surface area contributed by atoms with E-state index in [0.717, 1.165) is 0 Å². The molecule has 0 unspecified atom stereocenters. The molecule has 0 aromatic heterocycles. The van der Waals surface area contributed by atoms with Gasteiger partial charge in [-0.3, -0.25) is 0 Å². The van der Waals surface area contributed by atoms with Crippen molar-refractivity contribution in [1.82, 2.24) is 0 Å². The molecule has 1 fully saturated rings. The fourth-order valence-corrected chi connectivity index (χ4v) is 2.57. The Labute approximate surface area is 93.4 Å². The van der Waals surface area contributed by atoms with Crippen LogP contribution in [0.25, 0.3) is 0 Å². The van der Waals surface area contributed by atoms with Crippen LogP contribution in [0.3, 0.4) is 0 Å². The first-order valence-electron chi connectivity index (χ1n) is 5.89. The van der Waals surface area contributed by atoms with Crippen molar-refractivity contribution in [3.8, 4) is 0 Å². The molecular weight excluding hydrogens is 191 g/mol. The van der Waals surface area contributed by atoms with Crippen molar-refractivity contribution in [3.63, 3.8) is 0 Å². The van der Waals surface area contributed by atoms with Gasteiger partial charge >= 0.3 is 0 Å². The highest BCUT2D eigenvalue weighted by Crippen LogP contribution is 2.59. The van der Waals surface area contributed by atoms with Crippen LogP contribution in [0.1, 0.15) is 54.9 Å². The molecule has 0 amide bonds. The molecule has 0 aromatic carbocycles. The van der Waals surface area contributed by atoms with E-state index in [9.17, 15) is 4.39 Å². The Hall–Kier alpha value is -0.110. The molecule has 0 bridgehead atoms. The summed E-state index contributed by atoms with van der Waals surface area (Å²) in [5, 5.41) is 0. The fourth-order valence-electron chi connectivity index (χ4n) is 2.57. The molecule has 90 valence electrons. The number of ether oxygens (including phenoxy) is 1. The van der Waals surface area contributed by atoms with Crippen LogP contribution in [0, 0.1) is 11.8 Å². The summed E-state index contributed by atoms with van der Waals surface area (Å²) in [6, 6.07) is 0. The van der Waals surface area contributed by atoms with E-state index in [2.05, 4.69) is 13.8 Å². The quantitative estimate of drug-likeness (QED) is 0.693. The standard InChI is InChI=1S/C13H25FO/c1-9(2)10-8-13(10,14)12(6,7)15-11(3,4)5/h9-10H,8H2,1-7H3/t10-,13-/m0/s1. The van der Waals surface area contributed by atoms with Crippen LogP contribution < -0.4 is 0 Å². The second-order valence-corrected chi connectivity index (χ2v) is 6.64. The fraction of sp³-hybridized carbons (Fsp3) is 1.00. The third kappa shape index (κ3) is 2.52. The maximum absolute atomic E-state index is 14.6. The minimum Gasteiger partial charge on any atom is -0.367 e. The van der Waals surface area contributed by atoms with Crippen molar-refractivity contribution in [2.75, 3.05) is 0 Å². The zero-order valence-corrected chi connectivity index (χ0v) is 11.1. The highest BCUT2D eigenvalue weighted by atomic mass is 19.1. The van der Waals surface area contributed by atoms with Crippen LogP contribution in [-0.2, 0) is 4.74 Å². The molecule has 0 saturated heterocycles. The normalized spacial score (nSPS) is 32.2. The number of hydrogen-bond acceptors (Lipinski definition) is 1. The van der Waals surface area contributed by atoms with Crippen LogP contribution >= 0.6 is 0 Å². The minimum atomic E-state index is -1.13. The molecule has 1 nitrogen and oxygen atoms in total. The van der Waals surface area contributed by atoms with Crippen molar-refractivity contribution in [2.24, 2.45) is 11.8 Å². The SMILES string of the molecule is CC(C)[C@@H]1C[C@@]1(F)C(C)(C)OC(C)(C)C. The first-order valence-corrected chi connectivity index (χ1v) is 5.89. The maximum atomic E-state index is 14.6. The van der Waals surface area contributed by atoms with Gasteiger partial charge in [0.1, 0.15) is 5.67 Å². The summed E-state index contributed by atoms with van der Waals surface area (Å²) in [5.74, 6) is 0.563. The van der Waals surface area contributed by atoms with E-state index < -0.39 is 11.3 Å². The highest BCUT2D eigenvalue weighted by molar-refractivity contribution is 5.15. The summed E-state index contributed by atoms with van der Waals surface area (Å²) >= 11 is 0. The van der Waals surface area contributed by atoms with Gasteiger partial charge in [0.05, 0.1) is 11.2 Å². The second-order valence-electron chi connectivity index (χ2n) is 6.64. The average molecular weight is 216 g/mol. The van der Waals surface area contributed by atoms with Crippen molar-refractivity contribution < 1.29 is 9.13 Å². The first-order chi connectivity index (χ1) is 6.50. The number of rotatable bonds is 3. The van der Waals surface area contributed by atoms with Gasteiger partial charge in [0, 0.05) is 5.92 Å². The summed E-state index contributed by atoms with van der Waals surface area (Å²) in [6.07, 6.45) is 0.647. The lowest BCUT2D eigenvalue weighted by molar-refractivity contribution is -0.159. The zero-order chi connectivity index (χ0) is 12.1. The van der Waals surface area contributed by atoms with Gasteiger partial charge < -0.3 is 4.74 Å². The zero-order valence-electron chi connectivity index (χ0n) is 11.1. The molecule has 1 aliphatic carbocycles. The topological polar surface area (TPSA) is 9.23 Å². The minimum absolute atomic E-state index is 0.162. The van der Waals surface area contributed by atoms with E-state index in [1.165, 1.54) is 0 Å². The lowest BCUT2D eigenvalue weighted by Crippen LogP contribution is -2.45. The third-order valence-electron chi connectivity index (χ3n) is 3.31. The second kappa shape index (κ2) is 3.44.